The smallest absolute Gasteiger partial charge is 0.109 e. The van der Waals surface area contributed by atoms with Crippen molar-refractivity contribution in [3.63, 3.8) is 0 Å². The van der Waals surface area contributed by atoms with Gasteiger partial charge in [-0.05, 0) is 24.1 Å². The predicted molar refractivity (Wildman–Crippen MR) is 56.3 cm³/mol. The molecular weight excluding hydrogens is 212 g/mol. The first kappa shape index (κ1) is 12.7. The Hall–Kier alpha value is -0.310. The number of alkyl halides is 1. The summed E-state index contributed by atoms with van der Waals surface area (Å²) < 4.78 is 12.1. The molecule has 1 atom stereocenters. The highest BCUT2D eigenvalue weighted by Crippen LogP contribution is 2.20. The van der Waals surface area contributed by atoms with Crippen LogP contribution in [-0.2, 0) is 0 Å². The molecule has 0 radical (unpaired) electrons. The van der Waals surface area contributed by atoms with Crippen LogP contribution < -0.4 is 5.73 Å². The van der Waals surface area contributed by atoms with Crippen LogP contribution in [0.5, 0.6) is 0 Å². The molecule has 0 unspecified atom stereocenters. The van der Waals surface area contributed by atoms with Gasteiger partial charge in [-0.3, -0.25) is 0 Å². The molecule has 0 spiro atoms. The fraction of sp³-hybridized carbons (Fsp3) is 0.333. The van der Waals surface area contributed by atoms with E-state index in [2.05, 4.69) is 0 Å². The lowest BCUT2D eigenvalue weighted by molar-refractivity contribution is 0.437. The van der Waals surface area contributed by atoms with Crippen molar-refractivity contribution in [2.75, 3.05) is 6.67 Å². The minimum Gasteiger partial charge on any atom is -0.322 e. The fourth-order valence-corrected chi connectivity index (χ4v) is 1.12. The van der Waals surface area contributed by atoms with Gasteiger partial charge in [-0.15, -0.1) is 12.4 Å². The highest BCUT2D eigenvalue weighted by molar-refractivity contribution is 6.31. The summed E-state index contributed by atoms with van der Waals surface area (Å²) in [5, 5.41) is 0.636. The van der Waals surface area contributed by atoms with Crippen LogP contribution in [0, 0.1) is 6.92 Å². The summed E-state index contributed by atoms with van der Waals surface area (Å²) in [5.74, 6) is 0. The quantitative estimate of drug-likeness (QED) is 0.820. The van der Waals surface area contributed by atoms with E-state index in [1.165, 1.54) is 0 Å². The van der Waals surface area contributed by atoms with E-state index in [-0.39, 0.29) is 12.4 Å². The maximum atomic E-state index is 12.1. The summed E-state index contributed by atoms with van der Waals surface area (Å²) >= 11 is 5.84. The first-order valence-electron chi connectivity index (χ1n) is 3.72. The average Bonchev–Trinajstić information content (AvgIpc) is 2.08. The lowest BCUT2D eigenvalue weighted by atomic mass is 10.1. The van der Waals surface area contributed by atoms with E-state index in [1.54, 1.807) is 12.1 Å². The molecule has 2 N–H and O–H groups in total. The van der Waals surface area contributed by atoms with Gasteiger partial charge in [0.2, 0.25) is 0 Å². The molecule has 74 valence electrons. The molecule has 0 heterocycles. The van der Waals surface area contributed by atoms with E-state index in [1.807, 2.05) is 13.0 Å². The Labute approximate surface area is 88.5 Å². The molecule has 0 aliphatic rings. The monoisotopic (exact) mass is 223 g/mol. The average molecular weight is 224 g/mol. The molecule has 0 aliphatic carbocycles. The minimum atomic E-state index is -0.556. The lowest BCUT2D eigenvalue weighted by Crippen LogP contribution is -2.11. The van der Waals surface area contributed by atoms with Gasteiger partial charge in [0.05, 0.1) is 6.04 Å². The number of aryl methyl sites for hydroxylation is 1. The third-order valence-electron chi connectivity index (χ3n) is 1.79. The normalized spacial score (nSPS) is 12.0. The van der Waals surface area contributed by atoms with Gasteiger partial charge in [0, 0.05) is 5.02 Å². The van der Waals surface area contributed by atoms with Crippen LogP contribution in [0.2, 0.25) is 5.02 Å². The van der Waals surface area contributed by atoms with E-state index in [4.69, 9.17) is 17.3 Å². The second-order valence-electron chi connectivity index (χ2n) is 2.77. The summed E-state index contributed by atoms with van der Waals surface area (Å²) in [4.78, 5) is 0. The first-order valence-corrected chi connectivity index (χ1v) is 4.10. The van der Waals surface area contributed by atoms with Crippen molar-refractivity contribution in [1.29, 1.82) is 0 Å². The van der Waals surface area contributed by atoms with E-state index < -0.39 is 12.7 Å². The van der Waals surface area contributed by atoms with Gasteiger partial charge >= 0.3 is 0 Å². The summed E-state index contributed by atoms with van der Waals surface area (Å²) in [6, 6.07) is 4.79. The SMILES string of the molecule is Cc1ccc([C@H](N)CF)cc1Cl.Cl. The maximum Gasteiger partial charge on any atom is 0.109 e. The molecule has 1 nitrogen and oxygen atoms in total. The molecule has 13 heavy (non-hydrogen) atoms. The molecular formula is C9H12Cl2FN. The van der Waals surface area contributed by atoms with Crippen LogP contribution in [0.4, 0.5) is 4.39 Å². The van der Waals surface area contributed by atoms with Gasteiger partial charge in [-0.1, -0.05) is 23.7 Å². The number of nitrogens with two attached hydrogens (primary N) is 1. The Morgan fingerprint density at radius 3 is 2.62 bits per heavy atom. The number of benzene rings is 1. The van der Waals surface area contributed by atoms with Crippen LogP contribution in [0.3, 0.4) is 0 Å². The zero-order valence-electron chi connectivity index (χ0n) is 7.26. The van der Waals surface area contributed by atoms with Crippen LogP contribution in [0.1, 0.15) is 17.2 Å². The summed E-state index contributed by atoms with van der Waals surface area (Å²) in [6.45, 7) is 1.34. The number of halogens is 3. The molecule has 1 aromatic rings. The van der Waals surface area contributed by atoms with Crippen molar-refractivity contribution in [3.05, 3.63) is 34.3 Å². The van der Waals surface area contributed by atoms with Gasteiger partial charge in [0.25, 0.3) is 0 Å². The lowest BCUT2D eigenvalue weighted by Gasteiger charge is -2.08. The fourth-order valence-electron chi connectivity index (χ4n) is 0.929. The minimum absolute atomic E-state index is 0. The summed E-state index contributed by atoms with van der Waals surface area (Å²) in [5.41, 5.74) is 7.20. The predicted octanol–water partition coefficient (Wildman–Crippen LogP) is 3.04. The Balaban J connectivity index is 0.00000144. The Kier molecular flexibility index (Phi) is 5.30. The van der Waals surface area contributed by atoms with Crippen LogP contribution in [-0.4, -0.2) is 6.67 Å². The zero-order chi connectivity index (χ0) is 9.14. The van der Waals surface area contributed by atoms with Crippen molar-refractivity contribution in [1.82, 2.24) is 0 Å². The molecule has 0 saturated carbocycles. The van der Waals surface area contributed by atoms with Crippen molar-refractivity contribution in [3.8, 4) is 0 Å². The molecule has 0 fully saturated rings. The van der Waals surface area contributed by atoms with E-state index >= 15 is 0 Å². The number of rotatable bonds is 2. The van der Waals surface area contributed by atoms with Crippen molar-refractivity contribution >= 4 is 24.0 Å². The second-order valence-corrected chi connectivity index (χ2v) is 3.18. The second kappa shape index (κ2) is 5.43. The molecule has 0 bridgehead atoms. The van der Waals surface area contributed by atoms with Crippen LogP contribution in [0.15, 0.2) is 18.2 Å². The van der Waals surface area contributed by atoms with Gasteiger partial charge in [0.1, 0.15) is 6.67 Å². The van der Waals surface area contributed by atoms with Crippen LogP contribution >= 0.6 is 24.0 Å². The third kappa shape index (κ3) is 3.14. The molecule has 0 aliphatic heterocycles. The molecule has 1 aromatic carbocycles. The first-order chi connectivity index (χ1) is 5.65. The van der Waals surface area contributed by atoms with E-state index in [9.17, 15) is 4.39 Å². The number of hydrogen-bond acceptors (Lipinski definition) is 1. The largest absolute Gasteiger partial charge is 0.322 e. The van der Waals surface area contributed by atoms with Gasteiger partial charge in [-0.2, -0.15) is 0 Å². The molecule has 0 saturated heterocycles. The maximum absolute atomic E-state index is 12.1. The van der Waals surface area contributed by atoms with Crippen molar-refractivity contribution < 1.29 is 4.39 Å². The molecule has 1 rings (SSSR count). The van der Waals surface area contributed by atoms with E-state index in [0.717, 1.165) is 11.1 Å². The Morgan fingerprint density at radius 2 is 2.15 bits per heavy atom. The topological polar surface area (TPSA) is 26.0 Å². The van der Waals surface area contributed by atoms with Crippen molar-refractivity contribution in [2.45, 2.75) is 13.0 Å². The summed E-state index contributed by atoms with van der Waals surface area (Å²) in [6.07, 6.45) is 0. The highest BCUT2D eigenvalue weighted by Gasteiger charge is 2.05. The van der Waals surface area contributed by atoms with Gasteiger partial charge < -0.3 is 5.73 Å². The molecule has 4 heteroatoms. The Morgan fingerprint density at radius 1 is 1.54 bits per heavy atom. The number of hydrogen-bond donors (Lipinski definition) is 1. The molecule has 0 aromatic heterocycles. The zero-order valence-corrected chi connectivity index (χ0v) is 8.83. The van der Waals surface area contributed by atoms with Crippen LogP contribution in [0.25, 0.3) is 0 Å². The molecule has 0 amide bonds. The third-order valence-corrected chi connectivity index (χ3v) is 2.20. The standard InChI is InChI=1S/C9H11ClFN.ClH/c1-6-2-3-7(4-8(6)10)9(12)5-11;/h2-4,9H,5,12H2,1H3;1H/t9-;/m1./s1. The Bertz CT molecular complexity index is 278. The van der Waals surface area contributed by atoms with Gasteiger partial charge in [-0.25, -0.2) is 4.39 Å². The van der Waals surface area contributed by atoms with Crippen molar-refractivity contribution in [2.24, 2.45) is 5.73 Å². The van der Waals surface area contributed by atoms with Gasteiger partial charge in [0.15, 0.2) is 0 Å². The summed E-state index contributed by atoms with van der Waals surface area (Å²) in [7, 11) is 0. The highest BCUT2D eigenvalue weighted by atomic mass is 35.5. The van der Waals surface area contributed by atoms with E-state index in [0.29, 0.717) is 5.02 Å².